The van der Waals surface area contributed by atoms with Gasteiger partial charge in [-0.25, -0.2) is 4.59 Å². The normalized spacial score (nSPS) is 47.0. The maximum absolute atomic E-state index is 2.86. The lowest BCUT2D eigenvalue weighted by molar-refractivity contribution is -1.04. The van der Waals surface area contributed by atoms with Gasteiger partial charge in [0.2, 0.25) is 0 Å². The fourth-order valence-electron chi connectivity index (χ4n) is 4.43. The molecule has 3 aliphatic heterocycles. The molecule has 15 heavy (non-hydrogen) atoms. The van der Waals surface area contributed by atoms with E-state index in [1.165, 1.54) is 69.2 Å². The second kappa shape index (κ2) is 3.74. The highest BCUT2D eigenvalue weighted by Gasteiger charge is 2.52. The molecule has 3 fully saturated rings. The molecule has 86 valence electrons. The molecule has 3 atom stereocenters. The molecule has 0 aliphatic carbocycles. The van der Waals surface area contributed by atoms with Crippen molar-refractivity contribution in [3.8, 4) is 0 Å². The molecule has 3 heterocycles. The molecule has 0 aromatic heterocycles. The van der Waals surface area contributed by atoms with Crippen LogP contribution in [0.25, 0.3) is 0 Å². The van der Waals surface area contributed by atoms with Crippen molar-refractivity contribution < 1.29 is 4.59 Å². The smallest absolute Gasteiger partial charge is 0.108 e. The maximum Gasteiger partial charge on any atom is 0.108 e. The van der Waals surface area contributed by atoms with Crippen molar-refractivity contribution in [3.05, 3.63) is 0 Å². The first-order chi connectivity index (χ1) is 7.33. The van der Waals surface area contributed by atoms with Crippen LogP contribution in [0.15, 0.2) is 0 Å². The minimum Gasteiger partial charge on any atom is -0.240 e. The molecule has 0 bridgehead atoms. The Kier molecular flexibility index (Phi) is 2.52. The summed E-state index contributed by atoms with van der Waals surface area (Å²) in [5.41, 5.74) is 0. The minimum atomic E-state index is 0.853. The van der Waals surface area contributed by atoms with Crippen LogP contribution in [0, 0.1) is 0 Å². The van der Waals surface area contributed by atoms with E-state index in [9.17, 15) is 0 Å². The standard InChI is InChI=1S/C13H25N2/c1-12-11-13-7-3-6-10-15(13)9-5-2-4-8-14(12)15/h12-13H,2-11H2,1H3/q+1. The highest BCUT2D eigenvalue weighted by atomic mass is 15.8. The summed E-state index contributed by atoms with van der Waals surface area (Å²) in [5, 5.41) is 2.86. The third kappa shape index (κ3) is 1.45. The van der Waals surface area contributed by atoms with Crippen LogP contribution in [0.4, 0.5) is 0 Å². The van der Waals surface area contributed by atoms with Crippen molar-refractivity contribution in [3.63, 3.8) is 0 Å². The SMILES string of the molecule is CC1CC2CCCC[N+]23CCCCCN13. The number of piperidine rings is 1. The van der Waals surface area contributed by atoms with E-state index < -0.39 is 0 Å². The van der Waals surface area contributed by atoms with E-state index in [1.54, 1.807) is 0 Å². The first-order valence-electron chi connectivity index (χ1n) is 6.97. The summed E-state index contributed by atoms with van der Waals surface area (Å²) >= 11 is 0. The van der Waals surface area contributed by atoms with E-state index in [1.807, 2.05) is 0 Å². The number of rotatable bonds is 0. The Hall–Kier alpha value is -0.0800. The second-order valence-corrected chi connectivity index (χ2v) is 5.89. The lowest BCUT2D eigenvalue weighted by atomic mass is 9.98. The summed E-state index contributed by atoms with van der Waals surface area (Å²) in [6, 6.07) is 1.85. The Morgan fingerprint density at radius 2 is 1.80 bits per heavy atom. The van der Waals surface area contributed by atoms with E-state index in [4.69, 9.17) is 0 Å². The molecule has 0 amide bonds. The molecule has 2 heteroatoms. The van der Waals surface area contributed by atoms with Gasteiger partial charge in [0.05, 0.1) is 19.1 Å². The van der Waals surface area contributed by atoms with Gasteiger partial charge in [0.15, 0.2) is 0 Å². The topological polar surface area (TPSA) is 3.24 Å². The largest absolute Gasteiger partial charge is 0.240 e. The third-order valence-electron chi connectivity index (χ3n) is 5.08. The van der Waals surface area contributed by atoms with Crippen molar-refractivity contribution in [1.82, 2.24) is 5.01 Å². The summed E-state index contributed by atoms with van der Waals surface area (Å²) < 4.78 is 1.40. The van der Waals surface area contributed by atoms with Crippen LogP contribution in [0.1, 0.15) is 51.9 Å². The minimum absolute atomic E-state index is 0.853. The van der Waals surface area contributed by atoms with Gasteiger partial charge in [-0.15, -0.1) is 0 Å². The summed E-state index contributed by atoms with van der Waals surface area (Å²) in [6.07, 6.45) is 10.3. The average Bonchev–Trinajstić information content (AvgIpc) is 2.41. The van der Waals surface area contributed by atoms with Gasteiger partial charge in [-0.2, -0.15) is 5.01 Å². The van der Waals surface area contributed by atoms with Gasteiger partial charge in [0, 0.05) is 19.4 Å². The number of hydrogen-bond acceptors (Lipinski definition) is 1. The van der Waals surface area contributed by atoms with Gasteiger partial charge in [-0.3, -0.25) is 0 Å². The molecular formula is C13H25N2+. The van der Waals surface area contributed by atoms with Gasteiger partial charge in [-0.1, -0.05) is 0 Å². The van der Waals surface area contributed by atoms with Crippen LogP contribution in [0.2, 0.25) is 0 Å². The predicted molar refractivity (Wildman–Crippen MR) is 62.3 cm³/mol. The highest BCUT2D eigenvalue weighted by Crippen LogP contribution is 2.41. The molecule has 0 saturated carbocycles. The Labute approximate surface area is 93.8 Å². The molecule has 0 aromatic rings. The van der Waals surface area contributed by atoms with Crippen molar-refractivity contribution in [2.24, 2.45) is 0 Å². The maximum atomic E-state index is 2.86. The van der Waals surface area contributed by atoms with Gasteiger partial charge in [-0.05, 0) is 39.0 Å². The molecule has 0 aromatic carbocycles. The van der Waals surface area contributed by atoms with E-state index in [-0.39, 0.29) is 0 Å². The van der Waals surface area contributed by atoms with E-state index in [0.717, 1.165) is 12.1 Å². The Morgan fingerprint density at radius 1 is 1.00 bits per heavy atom. The van der Waals surface area contributed by atoms with Crippen LogP contribution in [-0.4, -0.2) is 41.3 Å². The quantitative estimate of drug-likeness (QED) is 0.554. The summed E-state index contributed by atoms with van der Waals surface area (Å²) in [7, 11) is 0. The number of hydrogen-bond donors (Lipinski definition) is 0. The van der Waals surface area contributed by atoms with E-state index in [0.29, 0.717) is 0 Å². The number of nitrogens with zero attached hydrogens (tertiary/aromatic N) is 2. The zero-order valence-electron chi connectivity index (χ0n) is 10.1. The first-order valence-corrected chi connectivity index (χ1v) is 6.97. The van der Waals surface area contributed by atoms with Gasteiger partial charge >= 0.3 is 0 Å². The zero-order valence-corrected chi connectivity index (χ0v) is 10.1. The molecule has 3 rings (SSSR count). The van der Waals surface area contributed by atoms with Crippen LogP contribution < -0.4 is 0 Å². The molecule has 3 aliphatic rings. The number of quaternary nitrogens is 1. The molecule has 0 radical (unpaired) electrons. The molecule has 3 saturated heterocycles. The van der Waals surface area contributed by atoms with Crippen molar-refractivity contribution in [1.29, 1.82) is 0 Å². The predicted octanol–water partition coefficient (Wildman–Crippen LogP) is 2.55. The Bertz CT molecular complexity index is 241. The molecule has 2 nitrogen and oxygen atoms in total. The van der Waals surface area contributed by atoms with E-state index >= 15 is 0 Å². The van der Waals surface area contributed by atoms with Gasteiger partial charge in [0.1, 0.15) is 6.04 Å². The second-order valence-electron chi connectivity index (χ2n) is 5.89. The van der Waals surface area contributed by atoms with Crippen LogP contribution in [-0.2, 0) is 0 Å². The fraction of sp³-hybridized carbons (Fsp3) is 1.00. The highest BCUT2D eigenvalue weighted by molar-refractivity contribution is 4.80. The molecular weight excluding hydrogens is 184 g/mol. The van der Waals surface area contributed by atoms with Crippen LogP contribution in [0.3, 0.4) is 0 Å². The van der Waals surface area contributed by atoms with Crippen molar-refractivity contribution in [2.45, 2.75) is 64.0 Å². The van der Waals surface area contributed by atoms with E-state index in [2.05, 4.69) is 11.9 Å². The van der Waals surface area contributed by atoms with Crippen molar-refractivity contribution >= 4 is 0 Å². The summed E-state index contributed by atoms with van der Waals surface area (Å²) in [4.78, 5) is 0. The zero-order chi connectivity index (χ0) is 10.3. The fourth-order valence-corrected chi connectivity index (χ4v) is 4.43. The van der Waals surface area contributed by atoms with Crippen LogP contribution >= 0.6 is 0 Å². The summed E-state index contributed by atoms with van der Waals surface area (Å²) in [5.74, 6) is 0. The third-order valence-corrected chi connectivity index (χ3v) is 5.08. The molecule has 1 spiro atoms. The summed E-state index contributed by atoms with van der Waals surface area (Å²) in [6.45, 7) is 6.74. The van der Waals surface area contributed by atoms with Gasteiger partial charge in [0.25, 0.3) is 0 Å². The molecule has 0 N–H and O–H groups in total. The average molecular weight is 209 g/mol. The Morgan fingerprint density at radius 3 is 2.67 bits per heavy atom. The monoisotopic (exact) mass is 209 g/mol. The first kappa shape index (κ1) is 10.1. The van der Waals surface area contributed by atoms with Crippen molar-refractivity contribution in [2.75, 3.05) is 19.6 Å². The lowest BCUT2D eigenvalue weighted by Gasteiger charge is -2.47. The Balaban J connectivity index is 1.91. The lowest BCUT2D eigenvalue weighted by Crippen LogP contribution is -2.62. The molecule has 3 unspecified atom stereocenters. The van der Waals surface area contributed by atoms with Gasteiger partial charge < -0.3 is 0 Å². The van der Waals surface area contributed by atoms with Crippen LogP contribution in [0.5, 0.6) is 0 Å².